The molecule has 25 heavy (non-hydrogen) atoms. The van der Waals surface area contributed by atoms with Gasteiger partial charge in [0.15, 0.2) is 0 Å². The highest BCUT2D eigenvalue weighted by molar-refractivity contribution is 5.92. The monoisotopic (exact) mass is 348 g/mol. The van der Waals surface area contributed by atoms with Crippen molar-refractivity contribution in [2.75, 3.05) is 46.6 Å². The van der Waals surface area contributed by atoms with E-state index in [0.717, 1.165) is 11.5 Å². The number of ether oxygens (including phenoxy) is 3. The van der Waals surface area contributed by atoms with Crippen LogP contribution < -0.4 is 14.8 Å². The normalized spacial score (nSPS) is 22.2. The fourth-order valence-corrected chi connectivity index (χ4v) is 2.92. The Hall–Kier alpha value is -2.28. The highest BCUT2D eigenvalue weighted by atomic mass is 16.5. The first-order valence-corrected chi connectivity index (χ1v) is 8.60. The van der Waals surface area contributed by atoms with Gasteiger partial charge in [0.1, 0.15) is 18.1 Å². The Bertz CT molecular complexity index is 598. The van der Waals surface area contributed by atoms with Gasteiger partial charge >= 0.3 is 0 Å². The lowest BCUT2D eigenvalue weighted by Crippen LogP contribution is -2.42. The Morgan fingerprint density at radius 2 is 1.84 bits per heavy atom. The van der Waals surface area contributed by atoms with Crippen LogP contribution in [0.25, 0.3) is 0 Å². The third-order valence-corrected chi connectivity index (χ3v) is 4.50. The maximum absolute atomic E-state index is 12.3. The second kappa shape index (κ2) is 8.20. The molecule has 2 atom stereocenters. The van der Waals surface area contributed by atoms with E-state index in [0.29, 0.717) is 45.9 Å². The van der Waals surface area contributed by atoms with E-state index in [-0.39, 0.29) is 23.7 Å². The summed E-state index contributed by atoms with van der Waals surface area (Å²) in [6.07, 6.45) is 0.640. The third kappa shape index (κ3) is 4.63. The smallest absolute Gasteiger partial charge is 0.226 e. The summed E-state index contributed by atoms with van der Waals surface area (Å²) in [7, 11) is 1.61. The number of nitrogens with one attached hydrogen (secondary N) is 1. The van der Waals surface area contributed by atoms with Crippen molar-refractivity contribution in [3.8, 4) is 11.5 Å². The molecule has 1 saturated carbocycles. The molecule has 2 aliphatic rings. The quantitative estimate of drug-likeness (QED) is 0.734. The van der Waals surface area contributed by atoms with E-state index in [1.807, 2.05) is 24.3 Å². The molecule has 7 heteroatoms. The van der Waals surface area contributed by atoms with E-state index in [2.05, 4.69) is 5.32 Å². The van der Waals surface area contributed by atoms with E-state index in [9.17, 15) is 9.59 Å². The molecule has 3 rings (SSSR count). The lowest BCUT2D eigenvalue weighted by Gasteiger charge is -2.27. The van der Waals surface area contributed by atoms with Gasteiger partial charge in [-0.1, -0.05) is 0 Å². The first-order chi connectivity index (χ1) is 12.2. The van der Waals surface area contributed by atoms with Gasteiger partial charge in [-0.3, -0.25) is 9.59 Å². The van der Waals surface area contributed by atoms with Gasteiger partial charge in [0.25, 0.3) is 0 Å². The topological polar surface area (TPSA) is 77.1 Å². The van der Waals surface area contributed by atoms with Crippen molar-refractivity contribution in [2.45, 2.75) is 6.42 Å². The van der Waals surface area contributed by atoms with Crippen molar-refractivity contribution in [1.29, 1.82) is 0 Å². The first-order valence-electron chi connectivity index (χ1n) is 8.60. The maximum atomic E-state index is 12.3. The van der Waals surface area contributed by atoms with Crippen molar-refractivity contribution >= 4 is 11.8 Å². The minimum absolute atomic E-state index is 0.0649. The van der Waals surface area contributed by atoms with Crippen molar-refractivity contribution < 1.29 is 23.8 Å². The highest BCUT2D eigenvalue weighted by Gasteiger charge is 2.49. The second-order valence-electron chi connectivity index (χ2n) is 6.20. The van der Waals surface area contributed by atoms with Crippen LogP contribution in [-0.4, -0.2) is 63.3 Å². The van der Waals surface area contributed by atoms with Crippen molar-refractivity contribution in [3.05, 3.63) is 24.3 Å². The third-order valence-electron chi connectivity index (χ3n) is 4.50. The van der Waals surface area contributed by atoms with E-state index >= 15 is 0 Å². The van der Waals surface area contributed by atoms with Crippen molar-refractivity contribution in [2.24, 2.45) is 11.8 Å². The largest absolute Gasteiger partial charge is 0.497 e. The molecule has 0 radical (unpaired) electrons. The lowest BCUT2D eigenvalue weighted by molar-refractivity contribution is -0.138. The fourth-order valence-electron chi connectivity index (χ4n) is 2.92. The zero-order valence-electron chi connectivity index (χ0n) is 14.4. The van der Waals surface area contributed by atoms with Gasteiger partial charge in [0, 0.05) is 13.1 Å². The summed E-state index contributed by atoms with van der Waals surface area (Å²) in [5.41, 5.74) is 0. The number of rotatable bonds is 7. The summed E-state index contributed by atoms with van der Waals surface area (Å²) in [6, 6.07) is 7.27. The first kappa shape index (κ1) is 17.5. The molecule has 2 fully saturated rings. The highest BCUT2D eigenvalue weighted by Crippen LogP contribution is 2.40. The second-order valence-corrected chi connectivity index (χ2v) is 6.20. The summed E-state index contributed by atoms with van der Waals surface area (Å²) in [4.78, 5) is 26.2. The van der Waals surface area contributed by atoms with Crippen LogP contribution in [0.3, 0.4) is 0 Å². The van der Waals surface area contributed by atoms with Gasteiger partial charge in [-0.05, 0) is 30.7 Å². The number of nitrogens with zero attached hydrogens (tertiary/aromatic N) is 1. The van der Waals surface area contributed by atoms with Crippen LogP contribution in [-0.2, 0) is 14.3 Å². The van der Waals surface area contributed by atoms with Crippen LogP contribution in [0.4, 0.5) is 0 Å². The standard InChI is InChI=1S/C18H24N2O5/c1-23-13-2-4-14(5-3-13)25-9-6-19-17(21)15-12-16(15)18(22)20-7-10-24-11-8-20/h2-5,15-16H,6-12H2,1H3,(H,19,21). The Morgan fingerprint density at radius 3 is 2.52 bits per heavy atom. The predicted molar refractivity (Wildman–Crippen MR) is 90.5 cm³/mol. The number of hydrogen-bond acceptors (Lipinski definition) is 5. The zero-order valence-corrected chi connectivity index (χ0v) is 14.4. The molecule has 1 aromatic rings. The van der Waals surface area contributed by atoms with Crippen LogP contribution in [0.5, 0.6) is 11.5 Å². The molecule has 0 aromatic heterocycles. The average Bonchev–Trinajstić information content (AvgIpc) is 3.46. The summed E-state index contributed by atoms with van der Waals surface area (Å²) in [5.74, 6) is 1.15. The van der Waals surface area contributed by atoms with E-state index < -0.39 is 0 Å². The zero-order chi connectivity index (χ0) is 17.6. The molecule has 0 bridgehead atoms. The number of hydrogen-bond donors (Lipinski definition) is 1. The Labute approximate surface area is 147 Å². The van der Waals surface area contributed by atoms with Gasteiger partial charge in [0.2, 0.25) is 11.8 Å². The number of amides is 2. The van der Waals surface area contributed by atoms with Crippen molar-refractivity contribution in [1.82, 2.24) is 10.2 Å². The lowest BCUT2D eigenvalue weighted by atomic mass is 10.2. The Balaban J connectivity index is 1.33. The molecule has 2 amide bonds. The molecular formula is C18H24N2O5. The van der Waals surface area contributed by atoms with Gasteiger partial charge in [-0.15, -0.1) is 0 Å². The summed E-state index contributed by atoms with van der Waals surface area (Å²) >= 11 is 0. The number of benzene rings is 1. The summed E-state index contributed by atoms with van der Waals surface area (Å²) < 4.78 is 15.9. The number of morpholine rings is 1. The van der Waals surface area contributed by atoms with Crippen LogP contribution in [0, 0.1) is 11.8 Å². The van der Waals surface area contributed by atoms with Crippen LogP contribution in [0.2, 0.25) is 0 Å². The van der Waals surface area contributed by atoms with Gasteiger partial charge < -0.3 is 24.4 Å². The summed E-state index contributed by atoms with van der Waals surface area (Å²) in [6.45, 7) is 3.21. The SMILES string of the molecule is COc1ccc(OCCNC(=O)C2CC2C(=O)N2CCOCC2)cc1. The van der Waals surface area contributed by atoms with Crippen LogP contribution in [0.1, 0.15) is 6.42 Å². The number of carbonyl (C=O) groups excluding carboxylic acids is 2. The molecule has 136 valence electrons. The molecule has 1 saturated heterocycles. The minimum atomic E-state index is -0.198. The van der Waals surface area contributed by atoms with Crippen molar-refractivity contribution in [3.63, 3.8) is 0 Å². The van der Waals surface area contributed by atoms with Gasteiger partial charge in [-0.25, -0.2) is 0 Å². The molecule has 1 N–H and O–H groups in total. The van der Waals surface area contributed by atoms with Gasteiger partial charge in [0.05, 0.1) is 38.7 Å². The predicted octanol–water partition coefficient (Wildman–Crippen LogP) is 0.685. The maximum Gasteiger partial charge on any atom is 0.226 e. The molecule has 1 aliphatic carbocycles. The fraction of sp³-hybridized carbons (Fsp3) is 0.556. The molecule has 1 aliphatic heterocycles. The van der Waals surface area contributed by atoms with E-state index in [1.54, 1.807) is 12.0 Å². The molecule has 0 spiro atoms. The van der Waals surface area contributed by atoms with E-state index in [4.69, 9.17) is 14.2 Å². The average molecular weight is 348 g/mol. The molecule has 7 nitrogen and oxygen atoms in total. The molecule has 2 unspecified atom stereocenters. The Kier molecular flexibility index (Phi) is 5.75. The molecule has 1 heterocycles. The molecular weight excluding hydrogens is 324 g/mol. The summed E-state index contributed by atoms with van der Waals surface area (Å²) in [5, 5.41) is 2.84. The number of methoxy groups -OCH3 is 1. The Morgan fingerprint density at radius 1 is 1.16 bits per heavy atom. The van der Waals surface area contributed by atoms with Crippen LogP contribution >= 0.6 is 0 Å². The van der Waals surface area contributed by atoms with Crippen LogP contribution in [0.15, 0.2) is 24.3 Å². The molecule has 1 aromatic carbocycles. The van der Waals surface area contributed by atoms with E-state index in [1.165, 1.54) is 0 Å². The minimum Gasteiger partial charge on any atom is -0.497 e. The number of carbonyl (C=O) groups is 2. The van der Waals surface area contributed by atoms with Gasteiger partial charge in [-0.2, -0.15) is 0 Å².